The van der Waals surface area contributed by atoms with Gasteiger partial charge in [0.25, 0.3) is 0 Å². The van der Waals surface area contributed by atoms with Gasteiger partial charge in [0.05, 0.1) is 0 Å². The Morgan fingerprint density at radius 2 is 2.23 bits per heavy atom. The molecule has 3 N–H and O–H groups in total. The molecule has 0 saturated carbocycles. The minimum absolute atomic E-state index is 0.759. The molecule has 3 nitrogen and oxygen atoms in total. The summed E-state index contributed by atoms with van der Waals surface area (Å²) in [6.07, 6.45) is 3.93. The van der Waals surface area contributed by atoms with Gasteiger partial charge in [-0.15, -0.1) is 0 Å². The van der Waals surface area contributed by atoms with Crippen LogP contribution >= 0.6 is 15.9 Å². The van der Waals surface area contributed by atoms with Crippen molar-refractivity contribution < 1.29 is 0 Å². The molecule has 0 atom stereocenters. The first-order valence-corrected chi connectivity index (χ1v) is 5.17. The number of hydrogen-bond donors (Lipinski definition) is 2. The van der Waals surface area contributed by atoms with Crippen LogP contribution in [0.5, 0.6) is 0 Å². The summed E-state index contributed by atoms with van der Waals surface area (Å²) in [5.74, 6) is 0.917. The second-order valence-electron chi connectivity index (χ2n) is 2.78. The first-order valence-electron chi connectivity index (χ1n) is 4.38. The molecule has 0 aliphatic rings. The van der Waals surface area contributed by atoms with Crippen LogP contribution in [0.2, 0.25) is 0 Å². The molecule has 1 rings (SSSR count). The van der Waals surface area contributed by atoms with Gasteiger partial charge in [0.15, 0.2) is 0 Å². The fraction of sp³-hybridized carbons (Fsp3) is 0.444. The number of pyridine rings is 1. The number of nitrogens with two attached hydrogens (primary N) is 1. The van der Waals surface area contributed by atoms with Gasteiger partial charge < -0.3 is 11.1 Å². The molecule has 0 aliphatic heterocycles. The van der Waals surface area contributed by atoms with E-state index in [4.69, 9.17) is 5.73 Å². The lowest BCUT2D eigenvalue weighted by Crippen LogP contribution is -2.06. The number of unbranched alkanes of at least 4 members (excludes halogenated alkanes) is 1. The van der Waals surface area contributed by atoms with Gasteiger partial charge in [0, 0.05) is 17.2 Å². The fourth-order valence-corrected chi connectivity index (χ4v) is 1.20. The summed E-state index contributed by atoms with van der Waals surface area (Å²) in [6, 6.07) is 3.92. The molecule has 72 valence electrons. The Morgan fingerprint density at radius 1 is 1.38 bits per heavy atom. The molecular formula is C9H14BrN3. The molecular weight excluding hydrogens is 230 g/mol. The summed E-state index contributed by atoms with van der Waals surface area (Å²) in [5, 5.41) is 3.22. The van der Waals surface area contributed by atoms with E-state index in [9.17, 15) is 0 Å². The predicted octanol–water partition coefficient (Wildman–Crippen LogP) is 1.99. The van der Waals surface area contributed by atoms with Gasteiger partial charge in [0.1, 0.15) is 5.82 Å². The Balaban J connectivity index is 2.25. The van der Waals surface area contributed by atoms with Crippen LogP contribution in [0.15, 0.2) is 22.8 Å². The molecule has 1 aromatic heterocycles. The van der Waals surface area contributed by atoms with Gasteiger partial charge in [-0.3, -0.25) is 0 Å². The SMILES string of the molecule is NCCCCNc1ccc(Br)cn1. The molecule has 1 aromatic rings. The van der Waals surface area contributed by atoms with Crippen molar-refractivity contribution in [1.82, 2.24) is 4.98 Å². The summed E-state index contributed by atoms with van der Waals surface area (Å²) in [6.45, 7) is 1.70. The predicted molar refractivity (Wildman–Crippen MR) is 58.7 cm³/mol. The standard InChI is InChI=1S/C9H14BrN3/c10-8-3-4-9(13-7-8)12-6-2-1-5-11/h3-4,7H,1-2,5-6,11H2,(H,12,13). The molecule has 0 spiro atoms. The van der Waals surface area contributed by atoms with Crippen LogP contribution < -0.4 is 11.1 Å². The van der Waals surface area contributed by atoms with Gasteiger partial charge >= 0.3 is 0 Å². The Labute approximate surface area is 86.9 Å². The lowest BCUT2D eigenvalue weighted by Gasteiger charge is -2.03. The van der Waals surface area contributed by atoms with Crippen molar-refractivity contribution in [2.24, 2.45) is 5.73 Å². The van der Waals surface area contributed by atoms with Crippen molar-refractivity contribution in [2.75, 3.05) is 18.4 Å². The van der Waals surface area contributed by atoms with E-state index in [1.54, 1.807) is 6.20 Å². The Hall–Kier alpha value is -0.610. The highest BCUT2D eigenvalue weighted by Crippen LogP contribution is 2.10. The third-order valence-corrected chi connectivity index (χ3v) is 2.13. The van der Waals surface area contributed by atoms with Gasteiger partial charge in [-0.25, -0.2) is 4.98 Å². The molecule has 1 heterocycles. The first kappa shape index (κ1) is 10.5. The normalized spacial score (nSPS) is 10.0. The highest BCUT2D eigenvalue weighted by molar-refractivity contribution is 9.10. The number of nitrogens with zero attached hydrogens (tertiary/aromatic N) is 1. The second-order valence-corrected chi connectivity index (χ2v) is 3.70. The first-order chi connectivity index (χ1) is 6.33. The van der Waals surface area contributed by atoms with E-state index in [1.807, 2.05) is 12.1 Å². The Morgan fingerprint density at radius 3 is 2.85 bits per heavy atom. The van der Waals surface area contributed by atoms with E-state index >= 15 is 0 Å². The lowest BCUT2D eigenvalue weighted by molar-refractivity contribution is 0.772. The number of hydrogen-bond acceptors (Lipinski definition) is 3. The van der Waals surface area contributed by atoms with Crippen molar-refractivity contribution >= 4 is 21.7 Å². The quantitative estimate of drug-likeness (QED) is 0.779. The molecule has 4 heteroatoms. The maximum absolute atomic E-state index is 5.38. The zero-order valence-corrected chi connectivity index (χ0v) is 9.05. The monoisotopic (exact) mass is 243 g/mol. The van der Waals surface area contributed by atoms with E-state index in [0.29, 0.717) is 0 Å². The van der Waals surface area contributed by atoms with Crippen molar-refractivity contribution in [2.45, 2.75) is 12.8 Å². The number of aromatic nitrogens is 1. The maximum Gasteiger partial charge on any atom is 0.125 e. The molecule has 0 radical (unpaired) electrons. The van der Waals surface area contributed by atoms with Crippen LogP contribution in [0.25, 0.3) is 0 Å². The molecule has 0 saturated heterocycles. The maximum atomic E-state index is 5.38. The summed E-state index contributed by atoms with van der Waals surface area (Å²) in [5.41, 5.74) is 5.38. The van der Waals surface area contributed by atoms with E-state index in [2.05, 4.69) is 26.2 Å². The van der Waals surface area contributed by atoms with Crippen molar-refractivity contribution in [3.05, 3.63) is 22.8 Å². The van der Waals surface area contributed by atoms with Crippen LogP contribution in [0.1, 0.15) is 12.8 Å². The highest BCUT2D eigenvalue weighted by Gasteiger charge is 1.92. The zero-order valence-electron chi connectivity index (χ0n) is 7.46. The zero-order chi connectivity index (χ0) is 9.52. The van der Waals surface area contributed by atoms with Crippen molar-refractivity contribution in [3.8, 4) is 0 Å². The number of rotatable bonds is 5. The van der Waals surface area contributed by atoms with Crippen LogP contribution in [0.4, 0.5) is 5.82 Å². The van der Waals surface area contributed by atoms with Crippen molar-refractivity contribution in [1.29, 1.82) is 0 Å². The third-order valence-electron chi connectivity index (χ3n) is 1.66. The average molecular weight is 244 g/mol. The minimum Gasteiger partial charge on any atom is -0.370 e. The third kappa shape index (κ3) is 4.24. The van der Waals surface area contributed by atoms with Gasteiger partial charge in [-0.2, -0.15) is 0 Å². The second kappa shape index (κ2) is 5.94. The summed E-state index contributed by atoms with van der Waals surface area (Å²) >= 11 is 3.33. The Bertz CT molecular complexity index is 235. The minimum atomic E-state index is 0.759. The molecule has 0 aromatic carbocycles. The highest BCUT2D eigenvalue weighted by atomic mass is 79.9. The summed E-state index contributed by atoms with van der Waals surface area (Å²) in [7, 11) is 0. The van der Waals surface area contributed by atoms with E-state index in [0.717, 1.165) is 36.2 Å². The van der Waals surface area contributed by atoms with Gasteiger partial charge in [-0.1, -0.05) is 0 Å². The smallest absolute Gasteiger partial charge is 0.125 e. The number of anilines is 1. The largest absolute Gasteiger partial charge is 0.370 e. The topological polar surface area (TPSA) is 50.9 Å². The van der Waals surface area contributed by atoms with Gasteiger partial charge in [-0.05, 0) is 47.4 Å². The van der Waals surface area contributed by atoms with Crippen molar-refractivity contribution in [3.63, 3.8) is 0 Å². The molecule has 0 bridgehead atoms. The Kier molecular flexibility index (Phi) is 4.78. The van der Waals surface area contributed by atoms with E-state index in [-0.39, 0.29) is 0 Å². The molecule has 0 aliphatic carbocycles. The fourth-order valence-electron chi connectivity index (χ4n) is 0.966. The number of halogens is 1. The molecule has 0 fully saturated rings. The molecule has 0 amide bonds. The molecule has 13 heavy (non-hydrogen) atoms. The lowest BCUT2D eigenvalue weighted by atomic mass is 10.3. The number of nitrogens with one attached hydrogen (secondary N) is 1. The van der Waals surface area contributed by atoms with Crippen LogP contribution in [-0.4, -0.2) is 18.1 Å². The van der Waals surface area contributed by atoms with Crippen LogP contribution in [-0.2, 0) is 0 Å². The van der Waals surface area contributed by atoms with E-state index in [1.165, 1.54) is 0 Å². The van der Waals surface area contributed by atoms with Crippen LogP contribution in [0.3, 0.4) is 0 Å². The van der Waals surface area contributed by atoms with Gasteiger partial charge in [0.2, 0.25) is 0 Å². The molecule has 0 unspecified atom stereocenters. The summed E-state index contributed by atoms with van der Waals surface area (Å²) < 4.78 is 1.00. The van der Waals surface area contributed by atoms with Crippen LogP contribution in [0, 0.1) is 0 Å². The summed E-state index contributed by atoms with van der Waals surface area (Å²) in [4.78, 5) is 4.19. The van der Waals surface area contributed by atoms with E-state index < -0.39 is 0 Å². The average Bonchev–Trinajstić information content (AvgIpc) is 2.15.